The van der Waals surface area contributed by atoms with Crippen molar-refractivity contribution in [1.82, 2.24) is 0 Å². The molecule has 0 aromatic carbocycles. The van der Waals surface area contributed by atoms with Crippen LogP contribution in [-0.2, 0) is 0 Å². The highest BCUT2D eigenvalue weighted by Gasteiger charge is 2.01. The summed E-state index contributed by atoms with van der Waals surface area (Å²) in [5.74, 6) is 0. The fraction of sp³-hybridized carbons (Fsp3) is 0.750. The van der Waals surface area contributed by atoms with E-state index in [1.807, 2.05) is 0 Å². The van der Waals surface area contributed by atoms with Crippen molar-refractivity contribution in [3.63, 3.8) is 0 Å². The third-order valence-corrected chi connectivity index (χ3v) is 4.30. The summed E-state index contributed by atoms with van der Waals surface area (Å²) < 4.78 is 0. The predicted octanol–water partition coefficient (Wildman–Crippen LogP) is 6.17. The van der Waals surface area contributed by atoms with Crippen LogP contribution in [0.1, 0.15) is 71.1 Å². The van der Waals surface area contributed by atoms with Crippen LogP contribution in [0, 0.1) is 0 Å². The van der Waals surface area contributed by atoms with Gasteiger partial charge in [-0.25, -0.2) is 0 Å². The van der Waals surface area contributed by atoms with Crippen molar-refractivity contribution in [2.24, 2.45) is 0 Å². The van der Waals surface area contributed by atoms with Crippen LogP contribution in [0.15, 0.2) is 23.8 Å². The molecule has 0 fully saturated rings. The molecule has 0 heterocycles. The van der Waals surface area contributed by atoms with Gasteiger partial charge in [0.2, 0.25) is 0 Å². The van der Waals surface area contributed by atoms with Gasteiger partial charge in [0, 0.05) is 4.83 Å². The van der Waals surface area contributed by atoms with Gasteiger partial charge < -0.3 is 0 Å². The zero-order valence-electron chi connectivity index (χ0n) is 11.3. The zero-order valence-corrected chi connectivity index (χ0v) is 12.8. The molecule has 1 aliphatic rings. The SMILES string of the molecule is CC/C1=C/CCCCC/C=C\C(Br)CCCC1. The Labute approximate surface area is 116 Å². The minimum Gasteiger partial charge on any atom is -0.0874 e. The standard InChI is InChI=1S/C16H27Br/c1-2-15-11-7-5-3-4-6-8-13-16(17)14-10-9-12-15/h8,11,13,16H,2-7,9-10,12,14H2,1H3/b13-8-,15-11-. The van der Waals surface area contributed by atoms with Crippen LogP contribution in [0.2, 0.25) is 0 Å². The van der Waals surface area contributed by atoms with Gasteiger partial charge in [0.1, 0.15) is 0 Å². The number of hydrogen-bond acceptors (Lipinski definition) is 0. The van der Waals surface area contributed by atoms with E-state index in [0.717, 1.165) is 0 Å². The molecular formula is C16H27Br. The van der Waals surface area contributed by atoms with Crippen LogP contribution in [0.5, 0.6) is 0 Å². The van der Waals surface area contributed by atoms with Crippen molar-refractivity contribution in [3.8, 4) is 0 Å². The Morgan fingerprint density at radius 2 is 1.94 bits per heavy atom. The van der Waals surface area contributed by atoms with Gasteiger partial charge in [-0.15, -0.1) is 0 Å². The molecule has 98 valence electrons. The number of rotatable bonds is 1. The number of alkyl halides is 1. The lowest BCUT2D eigenvalue weighted by molar-refractivity contribution is 0.664. The predicted molar refractivity (Wildman–Crippen MR) is 81.8 cm³/mol. The van der Waals surface area contributed by atoms with Gasteiger partial charge in [-0.1, -0.05) is 59.5 Å². The van der Waals surface area contributed by atoms with E-state index < -0.39 is 0 Å². The van der Waals surface area contributed by atoms with Crippen LogP contribution in [0.3, 0.4) is 0 Å². The minimum absolute atomic E-state index is 0.597. The van der Waals surface area contributed by atoms with E-state index in [0.29, 0.717) is 4.83 Å². The molecule has 1 unspecified atom stereocenters. The lowest BCUT2D eigenvalue weighted by Crippen LogP contribution is -1.94. The molecule has 1 heteroatoms. The van der Waals surface area contributed by atoms with Gasteiger partial charge in [0.15, 0.2) is 0 Å². The molecule has 0 bridgehead atoms. The van der Waals surface area contributed by atoms with Crippen LogP contribution in [0.4, 0.5) is 0 Å². The average molecular weight is 299 g/mol. The first kappa shape index (κ1) is 15.0. The molecule has 0 aromatic rings. The summed E-state index contributed by atoms with van der Waals surface area (Å²) in [7, 11) is 0. The maximum absolute atomic E-state index is 3.74. The maximum atomic E-state index is 3.74. The van der Waals surface area contributed by atoms with Crippen LogP contribution >= 0.6 is 15.9 Å². The lowest BCUT2D eigenvalue weighted by atomic mass is 10.0. The fourth-order valence-electron chi connectivity index (χ4n) is 2.34. The highest BCUT2D eigenvalue weighted by Crippen LogP contribution is 2.19. The second-order valence-electron chi connectivity index (χ2n) is 5.04. The molecule has 0 saturated heterocycles. The first-order chi connectivity index (χ1) is 8.33. The summed E-state index contributed by atoms with van der Waals surface area (Å²) in [6, 6.07) is 0. The summed E-state index contributed by atoms with van der Waals surface area (Å²) in [4.78, 5) is 0.597. The van der Waals surface area contributed by atoms with E-state index >= 15 is 0 Å². The van der Waals surface area contributed by atoms with Crippen LogP contribution < -0.4 is 0 Å². The summed E-state index contributed by atoms with van der Waals surface area (Å²) >= 11 is 3.74. The van der Waals surface area contributed by atoms with Crippen molar-refractivity contribution in [2.45, 2.75) is 76.0 Å². The van der Waals surface area contributed by atoms with Crippen molar-refractivity contribution in [3.05, 3.63) is 23.8 Å². The number of halogens is 1. The second-order valence-corrected chi connectivity index (χ2v) is 6.22. The number of allylic oxidation sites excluding steroid dienone is 4. The molecule has 1 atom stereocenters. The molecule has 0 saturated carbocycles. The van der Waals surface area contributed by atoms with E-state index in [2.05, 4.69) is 41.1 Å². The van der Waals surface area contributed by atoms with Gasteiger partial charge in [0.05, 0.1) is 0 Å². The Kier molecular flexibility index (Phi) is 8.78. The van der Waals surface area contributed by atoms with Crippen molar-refractivity contribution >= 4 is 15.9 Å². The Morgan fingerprint density at radius 1 is 1.12 bits per heavy atom. The summed E-state index contributed by atoms with van der Waals surface area (Å²) in [6.45, 7) is 2.30. The first-order valence-electron chi connectivity index (χ1n) is 7.31. The van der Waals surface area contributed by atoms with E-state index in [4.69, 9.17) is 0 Å². The smallest absolute Gasteiger partial charge is 0.0325 e. The molecule has 0 spiro atoms. The number of hydrogen-bond donors (Lipinski definition) is 0. The fourth-order valence-corrected chi connectivity index (χ4v) is 2.88. The van der Waals surface area contributed by atoms with Crippen molar-refractivity contribution in [1.29, 1.82) is 0 Å². The molecule has 17 heavy (non-hydrogen) atoms. The van der Waals surface area contributed by atoms with Gasteiger partial charge in [-0.3, -0.25) is 0 Å². The highest BCUT2D eigenvalue weighted by molar-refractivity contribution is 9.09. The van der Waals surface area contributed by atoms with Crippen molar-refractivity contribution < 1.29 is 0 Å². The van der Waals surface area contributed by atoms with Crippen molar-refractivity contribution in [2.75, 3.05) is 0 Å². The van der Waals surface area contributed by atoms with E-state index in [1.54, 1.807) is 5.57 Å². The summed E-state index contributed by atoms with van der Waals surface area (Å²) in [5.41, 5.74) is 1.68. The second kappa shape index (κ2) is 9.94. The summed E-state index contributed by atoms with van der Waals surface area (Å²) in [6.07, 6.45) is 20.4. The quantitative estimate of drug-likeness (QED) is 0.401. The molecule has 0 radical (unpaired) electrons. The molecular weight excluding hydrogens is 272 g/mol. The Bertz CT molecular complexity index is 240. The normalized spacial score (nSPS) is 30.0. The Balaban J connectivity index is 2.39. The van der Waals surface area contributed by atoms with E-state index in [9.17, 15) is 0 Å². The highest BCUT2D eigenvalue weighted by atomic mass is 79.9. The zero-order chi connectivity index (χ0) is 12.3. The third kappa shape index (κ3) is 7.81. The first-order valence-corrected chi connectivity index (χ1v) is 8.23. The minimum atomic E-state index is 0.597. The molecule has 1 rings (SSSR count). The lowest BCUT2D eigenvalue weighted by Gasteiger charge is -2.08. The maximum Gasteiger partial charge on any atom is 0.0325 e. The molecule has 0 N–H and O–H groups in total. The van der Waals surface area contributed by atoms with Gasteiger partial charge in [-0.2, -0.15) is 0 Å². The topological polar surface area (TPSA) is 0 Å². The Hall–Kier alpha value is -0.0400. The molecule has 0 aromatic heterocycles. The molecule has 0 amide bonds. The molecule has 0 nitrogen and oxygen atoms in total. The van der Waals surface area contributed by atoms with Gasteiger partial charge in [-0.05, 0) is 51.4 Å². The van der Waals surface area contributed by atoms with Crippen LogP contribution in [0.25, 0.3) is 0 Å². The van der Waals surface area contributed by atoms with Gasteiger partial charge >= 0.3 is 0 Å². The Morgan fingerprint density at radius 3 is 2.76 bits per heavy atom. The van der Waals surface area contributed by atoms with E-state index in [-0.39, 0.29) is 0 Å². The van der Waals surface area contributed by atoms with Gasteiger partial charge in [0.25, 0.3) is 0 Å². The molecule has 1 aliphatic carbocycles. The monoisotopic (exact) mass is 298 g/mol. The van der Waals surface area contributed by atoms with E-state index in [1.165, 1.54) is 64.2 Å². The largest absolute Gasteiger partial charge is 0.0874 e. The average Bonchev–Trinajstić information content (AvgIpc) is 2.34. The third-order valence-electron chi connectivity index (χ3n) is 3.53. The summed E-state index contributed by atoms with van der Waals surface area (Å²) in [5, 5.41) is 0. The van der Waals surface area contributed by atoms with Crippen LogP contribution in [-0.4, -0.2) is 4.83 Å². The molecule has 0 aliphatic heterocycles.